The van der Waals surface area contributed by atoms with Crippen molar-refractivity contribution in [2.24, 2.45) is 5.92 Å². The molecule has 0 bridgehead atoms. The van der Waals surface area contributed by atoms with E-state index in [2.05, 4.69) is 80.3 Å². The monoisotopic (exact) mass is 340 g/mol. The van der Waals surface area contributed by atoms with Crippen LogP contribution in [-0.2, 0) is 0 Å². The van der Waals surface area contributed by atoms with E-state index in [1.807, 2.05) is 14.0 Å². The number of nitrogens with one attached hydrogen (secondary N) is 1. The molecule has 0 radical (unpaired) electrons. The van der Waals surface area contributed by atoms with Gasteiger partial charge < -0.3 is 5.32 Å². The SMILES string of the molecule is C/C=c1/nc(-c2ccc(NC)cc2)cc/c1=C/C(C)CCC(C)S. The van der Waals surface area contributed by atoms with Crippen molar-refractivity contribution >= 4 is 30.5 Å². The van der Waals surface area contributed by atoms with Crippen molar-refractivity contribution in [3.05, 3.63) is 47.0 Å². The first-order chi connectivity index (χ1) is 11.5. The Kier molecular flexibility index (Phi) is 6.92. The number of hydrogen-bond acceptors (Lipinski definition) is 3. The van der Waals surface area contributed by atoms with Gasteiger partial charge in [-0.2, -0.15) is 12.6 Å². The van der Waals surface area contributed by atoms with E-state index in [4.69, 9.17) is 4.98 Å². The fourth-order valence-corrected chi connectivity index (χ4v) is 2.87. The van der Waals surface area contributed by atoms with Crippen LogP contribution in [0.15, 0.2) is 36.4 Å². The molecule has 2 unspecified atom stereocenters. The molecule has 1 aromatic carbocycles. The van der Waals surface area contributed by atoms with Crippen LogP contribution < -0.4 is 15.9 Å². The Hall–Kier alpha value is -1.74. The van der Waals surface area contributed by atoms with Crippen molar-refractivity contribution in [2.75, 3.05) is 12.4 Å². The molecule has 2 rings (SSSR count). The summed E-state index contributed by atoms with van der Waals surface area (Å²) >= 11 is 4.47. The third-order valence-electron chi connectivity index (χ3n) is 4.20. The molecular formula is C21H28N2S. The van der Waals surface area contributed by atoms with E-state index in [1.165, 1.54) is 5.22 Å². The van der Waals surface area contributed by atoms with Crippen LogP contribution in [0.5, 0.6) is 0 Å². The lowest BCUT2D eigenvalue weighted by Crippen LogP contribution is -2.28. The van der Waals surface area contributed by atoms with Crippen LogP contribution in [0.1, 0.15) is 33.6 Å². The van der Waals surface area contributed by atoms with Gasteiger partial charge in [0.25, 0.3) is 0 Å². The van der Waals surface area contributed by atoms with Crippen LogP contribution in [-0.4, -0.2) is 17.3 Å². The first kappa shape index (κ1) is 18.6. The van der Waals surface area contributed by atoms with Gasteiger partial charge in [0.2, 0.25) is 0 Å². The van der Waals surface area contributed by atoms with Crippen molar-refractivity contribution in [3.63, 3.8) is 0 Å². The largest absolute Gasteiger partial charge is 0.388 e. The molecule has 0 fully saturated rings. The Morgan fingerprint density at radius 1 is 1.08 bits per heavy atom. The van der Waals surface area contributed by atoms with Gasteiger partial charge in [-0.3, -0.25) is 0 Å². The highest BCUT2D eigenvalue weighted by atomic mass is 32.1. The Morgan fingerprint density at radius 2 is 1.79 bits per heavy atom. The highest BCUT2D eigenvalue weighted by molar-refractivity contribution is 7.80. The summed E-state index contributed by atoms with van der Waals surface area (Å²) in [7, 11) is 1.93. The molecule has 128 valence electrons. The first-order valence-electron chi connectivity index (χ1n) is 8.65. The molecule has 1 aromatic heterocycles. The summed E-state index contributed by atoms with van der Waals surface area (Å²) in [6.07, 6.45) is 6.70. The van der Waals surface area contributed by atoms with Crippen LogP contribution in [0, 0.1) is 5.92 Å². The van der Waals surface area contributed by atoms with Crippen LogP contribution in [0.4, 0.5) is 5.69 Å². The van der Waals surface area contributed by atoms with Gasteiger partial charge in [0.05, 0.1) is 11.0 Å². The Morgan fingerprint density at radius 3 is 2.38 bits per heavy atom. The maximum atomic E-state index is 4.84. The van der Waals surface area contributed by atoms with E-state index in [-0.39, 0.29) is 0 Å². The van der Waals surface area contributed by atoms with Crippen molar-refractivity contribution in [1.29, 1.82) is 0 Å². The lowest BCUT2D eigenvalue weighted by Gasteiger charge is -2.08. The van der Waals surface area contributed by atoms with Crippen molar-refractivity contribution in [3.8, 4) is 11.3 Å². The van der Waals surface area contributed by atoms with Crippen LogP contribution in [0.2, 0.25) is 0 Å². The van der Waals surface area contributed by atoms with E-state index < -0.39 is 0 Å². The van der Waals surface area contributed by atoms with Gasteiger partial charge >= 0.3 is 0 Å². The van der Waals surface area contributed by atoms with Gasteiger partial charge in [0, 0.05) is 18.3 Å². The normalized spacial score (nSPS) is 15.4. The van der Waals surface area contributed by atoms with Gasteiger partial charge in [-0.15, -0.1) is 0 Å². The lowest BCUT2D eigenvalue weighted by molar-refractivity contribution is 0.629. The molecule has 3 heteroatoms. The average molecular weight is 341 g/mol. The number of benzene rings is 1. The summed E-state index contributed by atoms with van der Waals surface area (Å²) in [5, 5.41) is 5.87. The standard InChI is InChI=1S/C21H28N2S/c1-5-20-18(14-15(2)6-7-16(3)24)10-13-21(23-20)17-8-11-19(22-4)12-9-17/h5,8-16,22,24H,6-7H2,1-4H3/b18-14-,20-5+. The zero-order valence-corrected chi connectivity index (χ0v) is 16.0. The summed E-state index contributed by atoms with van der Waals surface area (Å²) in [4.78, 5) is 4.84. The molecule has 0 amide bonds. The predicted molar refractivity (Wildman–Crippen MR) is 110 cm³/mol. The third kappa shape index (κ3) is 5.13. The minimum absolute atomic E-state index is 0.458. The number of anilines is 1. The number of nitrogens with zero attached hydrogens (tertiary/aromatic N) is 1. The highest BCUT2D eigenvalue weighted by Gasteiger charge is 2.03. The molecule has 1 heterocycles. The zero-order chi connectivity index (χ0) is 17.5. The van der Waals surface area contributed by atoms with Gasteiger partial charge in [-0.1, -0.05) is 44.2 Å². The van der Waals surface area contributed by atoms with E-state index in [0.717, 1.165) is 35.1 Å². The number of rotatable bonds is 6. The Balaban J connectivity index is 2.30. The third-order valence-corrected chi connectivity index (χ3v) is 4.46. The maximum Gasteiger partial charge on any atom is 0.0709 e. The average Bonchev–Trinajstić information content (AvgIpc) is 2.60. The molecule has 0 aliphatic heterocycles. The maximum absolute atomic E-state index is 4.84. The summed E-state index contributed by atoms with van der Waals surface area (Å²) in [5.41, 5.74) is 3.26. The van der Waals surface area contributed by atoms with E-state index in [9.17, 15) is 0 Å². The fraction of sp³-hybridized carbons (Fsp3) is 0.381. The summed E-state index contributed by atoms with van der Waals surface area (Å²) in [6.45, 7) is 6.46. The molecule has 24 heavy (non-hydrogen) atoms. The second kappa shape index (κ2) is 8.93. The molecule has 0 aliphatic carbocycles. The Bertz CT molecular complexity index is 763. The molecule has 0 spiro atoms. The van der Waals surface area contributed by atoms with Gasteiger partial charge in [0.1, 0.15) is 0 Å². The molecular weight excluding hydrogens is 312 g/mol. The Labute approximate surface area is 151 Å². The minimum atomic E-state index is 0.458. The second-order valence-electron chi connectivity index (χ2n) is 6.36. The van der Waals surface area contributed by atoms with E-state index in [1.54, 1.807) is 0 Å². The smallest absolute Gasteiger partial charge is 0.0709 e. The topological polar surface area (TPSA) is 24.9 Å². The van der Waals surface area contributed by atoms with E-state index in [0.29, 0.717) is 11.2 Å². The predicted octanol–water partition coefficient (Wildman–Crippen LogP) is 4.11. The van der Waals surface area contributed by atoms with Gasteiger partial charge in [-0.25, -0.2) is 4.98 Å². The first-order valence-corrected chi connectivity index (χ1v) is 9.16. The zero-order valence-electron chi connectivity index (χ0n) is 15.1. The fourth-order valence-electron chi connectivity index (χ4n) is 2.72. The van der Waals surface area contributed by atoms with Crippen molar-refractivity contribution in [2.45, 2.75) is 38.9 Å². The molecule has 2 aromatic rings. The van der Waals surface area contributed by atoms with Crippen LogP contribution in [0.25, 0.3) is 23.4 Å². The number of thiol groups is 1. The highest BCUT2D eigenvalue weighted by Crippen LogP contribution is 2.18. The lowest BCUT2D eigenvalue weighted by atomic mass is 10.0. The van der Waals surface area contributed by atoms with E-state index >= 15 is 0 Å². The summed E-state index contributed by atoms with van der Waals surface area (Å²) in [5.74, 6) is 0.529. The molecule has 2 atom stereocenters. The van der Waals surface area contributed by atoms with Crippen LogP contribution in [0.3, 0.4) is 0 Å². The quantitative estimate of drug-likeness (QED) is 0.774. The number of pyridine rings is 1. The molecule has 2 nitrogen and oxygen atoms in total. The summed E-state index contributed by atoms with van der Waals surface area (Å²) in [6, 6.07) is 12.7. The van der Waals surface area contributed by atoms with Gasteiger partial charge in [-0.05, 0) is 54.4 Å². The van der Waals surface area contributed by atoms with Crippen molar-refractivity contribution in [1.82, 2.24) is 4.98 Å². The van der Waals surface area contributed by atoms with Crippen LogP contribution >= 0.6 is 12.6 Å². The molecule has 0 aliphatic rings. The van der Waals surface area contributed by atoms with Crippen molar-refractivity contribution < 1.29 is 0 Å². The molecule has 0 saturated heterocycles. The summed E-state index contributed by atoms with van der Waals surface area (Å²) < 4.78 is 0. The second-order valence-corrected chi connectivity index (χ2v) is 7.24. The van der Waals surface area contributed by atoms with Gasteiger partial charge in [0.15, 0.2) is 0 Å². The number of aromatic nitrogens is 1. The molecule has 0 saturated carbocycles. The minimum Gasteiger partial charge on any atom is -0.388 e. The number of hydrogen-bond donors (Lipinski definition) is 2. The molecule has 1 N–H and O–H groups in total.